The van der Waals surface area contributed by atoms with Gasteiger partial charge in [0.1, 0.15) is 5.82 Å². The summed E-state index contributed by atoms with van der Waals surface area (Å²) in [6, 6.07) is 0. The third-order valence-electron chi connectivity index (χ3n) is 1.50. The van der Waals surface area contributed by atoms with Crippen LogP contribution >= 0.6 is 11.6 Å². The Morgan fingerprint density at radius 2 is 2.47 bits per heavy atom. The van der Waals surface area contributed by atoms with Crippen molar-refractivity contribution in [2.75, 3.05) is 12.3 Å². The van der Waals surface area contributed by atoms with E-state index in [1.165, 1.54) is 18.3 Å². The van der Waals surface area contributed by atoms with E-state index < -0.39 is 5.97 Å². The van der Waals surface area contributed by atoms with Crippen molar-refractivity contribution in [1.29, 1.82) is 0 Å². The number of hydrogen-bond donors (Lipinski definition) is 1. The van der Waals surface area contributed by atoms with Crippen molar-refractivity contribution in [3.63, 3.8) is 0 Å². The van der Waals surface area contributed by atoms with Gasteiger partial charge in [-0.25, -0.2) is 14.8 Å². The molecule has 0 atom stereocenters. The normalized spacial score (nSPS) is 10.5. The van der Waals surface area contributed by atoms with E-state index in [1.54, 1.807) is 6.92 Å². The number of rotatable bonds is 3. The van der Waals surface area contributed by atoms with Gasteiger partial charge in [-0.05, 0) is 24.6 Å². The molecular weight excluding hydrogens is 218 g/mol. The Morgan fingerprint density at radius 3 is 3.07 bits per heavy atom. The number of anilines is 1. The minimum Gasteiger partial charge on any atom is -0.463 e. The lowest BCUT2D eigenvalue weighted by molar-refractivity contribution is -0.137. The number of esters is 1. The molecule has 5 nitrogen and oxygen atoms in total. The Bertz CT molecular complexity index is 393. The lowest BCUT2D eigenvalue weighted by Crippen LogP contribution is -2.00. The molecule has 0 amide bonds. The van der Waals surface area contributed by atoms with Crippen molar-refractivity contribution in [3.05, 3.63) is 23.1 Å². The molecule has 0 radical (unpaired) electrons. The molecule has 1 heterocycles. The van der Waals surface area contributed by atoms with E-state index in [-0.39, 0.29) is 11.1 Å². The molecule has 0 fully saturated rings. The average Bonchev–Trinajstić information content (AvgIpc) is 2.17. The molecule has 1 aromatic rings. The monoisotopic (exact) mass is 227 g/mol. The van der Waals surface area contributed by atoms with Crippen LogP contribution in [0.15, 0.2) is 12.3 Å². The van der Waals surface area contributed by atoms with Crippen LogP contribution in [0.3, 0.4) is 0 Å². The van der Waals surface area contributed by atoms with Crippen LogP contribution in [-0.2, 0) is 9.53 Å². The third kappa shape index (κ3) is 3.55. The number of halogens is 1. The molecule has 1 aromatic heterocycles. The Balaban J connectivity index is 2.76. The first-order chi connectivity index (χ1) is 7.13. The van der Waals surface area contributed by atoms with Gasteiger partial charge < -0.3 is 10.5 Å². The first-order valence-corrected chi connectivity index (χ1v) is 4.64. The van der Waals surface area contributed by atoms with Gasteiger partial charge >= 0.3 is 5.97 Å². The molecular formula is C9H10ClN3O2. The summed E-state index contributed by atoms with van der Waals surface area (Å²) in [5.74, 6) is -0.220. The topological polar surface area (TPSA) is 78.1 Å². The summed E-state index contributed by atoms with van der Waals surface area (Å²) in [5.41, 5.74) is 6.06. The van der Waals surface area contributed by atoms with E-state index in [0.717, 1.165) is 0 Å². The molecule has 0 spiro atoms. The van der Waals surface area contributed by atoms with Crippen LogP contribution in [0.1, 0.15) is 12.5 Å². The van der Waals surface area contributed by atoms with Gasteiger partial charge in [0.2, 0.25) is 5.28 Å². The lowest BCUT2D eigenvalue weighted by Gasteiger charge is -1.98. The van der Waals surface area contributed by atoms with Crippen LogP contribution in [0.25, 0.3) is 6.08 Å². The first kappa shape index (κ1) is 11.5. The molecule has 0 bridgehead atoms. The highest BCUT2D eigenvalue weighted by Crippen LogP contribution is 2.11. The highest BCUT2D eigenvalue weighted by atomic mass is 35.5. The van der Waals surface area contributed by atoms with E-state index in [9.17, 15) is 4.79 Å². The maximum atomic E-state index is 11.0. The maximum Gasteiger partial charge on any atom is 0.330 e. The molecule has 1 rings (SSSR count). The van der Waals surface area contributed by atoms with E-state index >= 15 is 0 Å². The van der Waals surface area contributed by atoms with Crippen molar-refractivity contribution in [1.82, 2.24) is 9.97 Å². The van der Waals surface area contributed by atoms with Gasteiger partial charge in [0.05, 0.1) is 6.61 Å². The molecule has 0 unspecified atom stereocenters. The Labute approximate surface area is 91.9 Å². The van der Waals surface area contributed by atoms with Gasteiger partial charge in [0.15, 0.2) is 0 Å². The fourth-order valence-corrected chi connectivity index (χ4v) is 0.998. The number of nitrogens with two attached hydrogens (primary N) is 1. The molecule has 80 valence electrons. The van der Waals surface area contributed by atoms with E-state index in [2.05, 4.69) is 9.97 Å². The molecule has 0 aliphatic rings. The fraction of sp³-hybridized carbons (Fsp3) is 0.222. The van der Waals surface area contributed by atoms with E-state index in [0.29, 0.717) is 12.2 Å². The molecule has 0 saturated heterocycles. The van der Waals surface area contributed by atoms with Gasteiger partial charge in [-0.2, -0.15) is 0 Å². The van der Waals surface area contributed by atoms with Gasteiger partial charge in [-0.1, -0.05) is 0 Å². The zero-order chi connectivity index (χ0) is 11.3. The summed E-state index contributed by atoms with van der Waals surface area (Å²) < 4.78 is 4.69. The molecule has 6 heteroatoms. The summed E-state index contributed by atoms with van der Waals surface area (Å²) in [6.45, 7) is 2.06. The summed E-state index contributed by atoms with van der Waals surface area (Å²) in [6.07, 6.45) is 4.16. The van der Waals surface area contributed by atoms with Crippen molar-refractivity contribution in [3.8, 4) is 0 Å². The van der Waals surface area contributed by atoms with Crippen LogP contribution in [0.4, 0.5) is 5.82 Å². The van der Waals surface area contributed by atoms with Crippen LogP contribution in [-0.4, -0.2) is 22.5 Å². The summed E-state index contributed by atoms with van der Waals surface area (Å²) in [5, 5.41) is 0.0702. The number of nitrogens with zero attached hydrogens (tertiary/aromatic N) is 2. The van der Waals surface area contributed by atoms with E-state index in [1.807, 2.05) is 0 Å². The van der Waals surface area contributed by atoms with Crippen LogP contribution < -0.4 is 5.73 Å². The molecule has 15 heavy (non-hydrogen) atoms. The lowest BCUT2D eigenvalue weighted by atomic mass is 10.3. The maximum absolute atomic E-state index is 11.0. The van der Waals surface area contributed by atoms with Gasteiger partial charge in [0, 0.05) is 17.8 Å². The van der Waals surface area contributed by atoms with Gasteiger partial charge in [0.25, 0.3) is 0 Å². The number of ether oxygens (including phenoxy) is 1. The van der Waals surface area contributed by atoms with Crippen molar-refractivity contribution < 1.29 is 9.53 Å². The Morgan fingerprint density at radius 1 is 1.73 bits per heavy atom. The minimum absolute atomic E-state index is 0.0702. The quantitative estimate of drug-likeness (QED) is 0.478. The second-order valence-electron chi connectivity index (χ2n) is 2.56. The number of aromatic nitrogens is 2. The molecule has 0 aliphatic heterocycles. The second kappa shape index (κ2) is 5.31. The van der Waals surface area contributed by atoms with Gasteiger partial charge in [-0.3, -0.25) is 0 Å². The Kier molecular flexibility index (Phi) is 4.05. The molecule has 0 aliphatic carbocycles. The van der Waals surface area contributed by atoms with Crippen LogP contribution in [0.5, 0.6) is 0 Å². The van der Waals surface area contributed by atoms with Gasteiger partial charge in [-0.15, -0.1) is 0 Å². The fourth-order valence-electron chi connectivity index (χ4n) is 0.858. The summed E-state index contributed by atoms with van der Waals surface area (Å²) in [7, 11) is 0. The van der Waals surface area contributed by atoms with Crippen molar-refractivity contribution in [2.45, 2.75) is 6.92 Å². The second-order valence-corrected chi connectivity index (χ2v) is 2.90. The zero-order valence-corrected chi connectivity index (χ0v) is 8.86. The number of nitrogen functional groups attached to an aromatic ring is 1. The number of hydrogen-bond acceptors (Lipinski definition) is 5. The number of carbonyl (C=O) groups excluding carboxylic acids is 1. The van der Waals surface area contributed by atoms with Crippen molar-refractivity contribution >= 4 is 29.5 Å². The van der Waals surface area contributed by atoms with Crippen LogP contribution in [0, 0.1) is 0 Å². The molecule has 2 N–H and O–H groups in total. The summed E-state index contributed by atoms with van der Waals surface area (Å²) >= 11 is 5.51. The van der Waals surface area contributed by atoms with Crippen LogP contribution in [0.2, 0.25) is 5.28 Å². The smallest absolute Gasteiger partial charge is 0.330 e. The SMILES string of the molecule is CCOC(=O)C=Cc1cnc(Cl)nc1N. The standard InChI is InChI=1S/C9H10ClN3O2/c1-2-15-7(14)4-3-6-5-12-9(10)13-8(6)11/h3-5H,2H2,1H3,(H2,11,12,13). The largest absolute Gasteiger partial charge is 0.463 e. The van der Waals surface area contributed by atoms with Crippen molar-refractivity contribution in [2.24, 2.45) is 0 Å². The highest BCUT2D eigenvalue weighted by molar-refractivity contribution is 6.28. The summed E-state index contributed by atoms with van der Waals surface area (Å²) in [4.78, 5) is 18.4. The zero-order valence-electron chi connectivity index (χ0n) is 8.11. The predicted molar refractivity (Wildman–Crippen MR) is 57.1 cm³/mol. The molecule has 0 saturated carbocycles. The average molecular weight is 228 g/mol. The van der Waals surface area contributed by atoms with E-state index in [4.69, 9.17) is 22.1 Å². The predicted octanol–water partition coefficient (Wildman–Crippen LogP) is 1.29. The first-order valence-electron chi connectivity index (χ1n) is 4.26. The number of carbonyl (C=O) groups is 1. The third-order valence-corrected chi connectivity index (χ3v) is 1.69. The minimum atomic E-state index is -0.438. The molecule has 0 aromatic carbocycles. The highest BCUT2D eigenvalue weighted by Gasteiger charge is 2.00. The Hall–Kier alpha value is -1.62.